The molecule has 2 heterocycles. The highest BCUT2D eigenvalue weighted by Crippen LogP contribution is 2.30. The maximum Gasteiger partial charge on any atom is 0.134 e. The van der Waals surface area contributed by atoms with Gasteiger partial charge in [0.1, 0.15) is 5.75 Å². The number of nitrogens with zero attached hydrogens (tertiary/aromatic N) is 1. The van der Waals surface area contributed by atoms with E-state index in [2.05, 4.69) is 29.6 Å². The number of phenols is 1. The predicted molar refractivity (Wildman–Crippen MR) is 99.0 cm³/mol. The van der Waals surface area contributed by atoms with Crippen molar-refractivity contribution in [2.24, 2.45) is 17.8 Å². The molecule has 0 bridgehead atoms. The maximum absolute atomic E-state index is 9.58. The molecule has 5 heteroatoms. The number of benzene rings is 1. The van der Waals surface area contributed by atoms with Gasteiger partial charge in [-0.25, -0.2) is 0 Å². The fraction of sp³-hybridized carbons (Fsp3) is 0.684. The summed E-state index contributed by atoms with van der Waals surface area (Å²) in [4.78, 5) is 2.53. The van der Waals surface area contributed by atoms with Crippen LogP contribution in [0.3, 0.4) is 0 Å². The van der Waals surface area contributed by atoms with Crippen LogP contribution in [0.1, 0.15) is 38.7 Å². The Hall–Kier alpha value is -0.810. The van der Waals surface area contributed by atoms with Gasteiger partial charge in [0.05, 0.1) is 5.02 Å². The lowest BCUT2D eigenvalue weighted by atomic mass is 9.81. The lowest BCUT2D eigenvalue weighted by Gasteiger charge is -2.37. The molecule has 2 aliphatic heterocycles. The van der Waals surface area contributed by atoms with Crippen molar-refractivity contribution in [3.05, 3.63) is 28.8 Å². The Morgan fingerprint density at radius 1 is 1.38 bits per heavy atom. The molecular formula is C19H30ClN3O. The Bertz CT molecular complexity index is 551. The van der Waals surface area contributed by atoms with Crippen molar-refractivity contribution in [3.8, 4) is 5.75 Å². The first kappa shape index (κ1) is 18.0. The highest BCUT2D eigenvalue weighted by Gasteiger charge is 2.35. The van der Waals surface area contributed by atoms with E-state index in [0.29, 0.717) is 17.0 Å². The first-order valence-corrected chi connectivity index (χ1v) is 9.59. The second-order valence-corrected chi connectivity index (χ2v) is 8.27. The maximum atomic E-state index is 9.58. The lowest BCUT2D eigenvalue weighted by Crippen LogP contribution is -2.46. The van der Waals surface area contributed by atoms with Gasteiger partial charge in [0.25, 0.3) is 0 Å². The Balaban J connectivity index is 1.60. The number of rotatable bonds is 5. The van der Waals surface area contributed by atoms with Crippen LogP contribution < -0.4 is 10.9 Å². The molecule has 3 unspecified atom stereocenters. The summed E-state index contributed by atoms with van der Waals surface area (Å²) in [6.07, 6.45) is 3.85. The molecule has 2 saturated heterocycles. The summed E-state index contributed by atoms with van der Waals surface area (Å²) in [5, 5.41) is 10.0. The van der Waals surface area contributed by atoms with Crippen LogP contribution in [0.15, 0.2) is 18.2 Å². The van der Waals surface area contributed by atoms with E-state index in [1.54, 1.807) is 6.07 Å². The number of aromatic hydroxyl groups is 1. The van der Waals surface area contributed by atoms with Crippen molar-refractivity contribution in [1.82, 2.24) is 15.8 Å². The fourth-order valence-corrected chi connectivity index (χ4v) is 4.53. The van der Waals surface area contributed by atoms with E-state index in [4.69, 9.17) is 11.6 Å². The summed E-state index contributed by atoms with van der Waals surface area (Å²) in [6, 6.07) is 6.14. The smallest absolute Gasteiger partial charge is 0.134 e. The third-order valence-corrected chi connectivity index (χ3v) is 5.69. The van der Waals surface area contributed by atoms with Gasteiger partial charge in [-0.15, -0.1) is 0 Å². The highest BCUT2D eigenvalue weighted by atomic mass is 35.5. The molecule has 4 nitrogen and oxygen atoms in total. The molecule has 0 saturated carbocycles. The summed E-state index contributed by atoms with van der Waals surface area (Å²) in [5.41, 5.74) is 8.12. The minimum Gasteiger partial charge on any atom is -0.506 e. The van der Waals surface area contributed by atoms with Gasteiger partial charge in [-0.05, 0) is 61.3 Å². The molecule has 3 N–H and O–H groups in total. The first-order valence-electron chi connectivity index (χ1n) is 9.21. The van der Waals surface area contributed by atoms with Crippen LogP contribution in [0, 0.1) is 17.8 Å². The average Bonchev–Trinajstić information content (AvgIpc) is 2.98. The van der Waals surface area contributed by atoms with E-state index in [9.17, 15) is 5.11 Å². The van der Waals surface area contributed by atoms with Crippen LogP contribution in [-0.4, -0.2) is 35.7 Å². The largest absolute Gasteiger partial charge is 0.506 e. The zero-order valence-corrected chi connectivity index (χ0v) is 15.5. The van der Waals surface area contributed by atoms with E-state index >= 15 is 0 Å². The van der Waals surface area contributed by atoms with Gasteiger partial charge in [0, 0.05) is 25.7 Å². The summed E-state index contributed by atoms with van der Waals surface area (Å²) in [6.45, 7) is 8.91. The molecule has 1 aromatic rings. The van der Waals surface area contributed by atoms with E-state index in [1.165, 1.54) is 24.8 Å². The van der Waals surface area contributed by atoms with E-state index in [0.717, 1.165) is 38.0 Å². The van der Waals surface area contributed by atoms with Crippen LogP contribution in [0.4, 0.5) is 0 Å². The van der Waals surface area contributed by atoms with Crippen molar-refractivity contribution < 1.29 is 5.11 Å². The number of halogens is 1. The molecule has 24 heavy (non-hydrogen) atoms. The minimum absolute atomic E-state index is 0.162. The zero-order chi connectivity index (χ0) is 17.1. The third kappa shape index (κ3) is 4.42. The average molecular weight is 352 g/mol. The van der Waals surface area contributed by atoms with Crippen LogP contribution in [0.25, 0.3) is 0 Å². The SMILES string of the molecule is CC(C)CC1CNNC1C1CCCN(Cc2ccc(O)c(Cl)c2)C1. The van der Waals surface area contributed by atoms with Gasteiger partial charge < -0.3 is 5.11 Å². The molecule has 3 atom stereocenters. The molecule has 0 spiro atoms. The normalized spacial score (nSPS) is 28.6. The Labute approximate surface area is 150 Å². The molecule has 1 aromatic carbocycles. The van der Waals surface area contributed by atoms with Crippen molar-refractivity contribution in [1.29, 1.82) is 0 Å². The van der Waals surface area contributed by atoms with Crippen LogP contribution in [0.5, 0.6) is 5.75 Å². The second kappa shape index (κ2) is 8.05. The monoisotopic (exact) mass is 351 g/mol. The zero-order valence-electron chi connectivity index (χ0n) is 14.8. The van der Waals surface area contributed by atoms with Crippen molar-refractivity contribution in [2.45, 2.75) is 45.7 Å². The number of piperidine rings is 1. The van der Waals surface area contributed by atoms with Crippen LogP contribution >= 0.6 is 11.6 Å². The Morgan fingerprint density at radius 2 is 2.21 bits per heavy atom. The Kier molecular flexibility index (Phi) is 6.03. The van der Waals surface area contributed by atoms with E-state index < -0.39 is 0 Å². The summed E-state index contributed by atoms with van der Waals surface area (Å²) < 4.78 is 0. The van der Waals surface area contributed by atoms with Gasteiger partial charge in [-0.3, -0.25) is 15.8 Å². The predicted octanol–water partition coefficient (Wildman–Crippen LogP) is 3.40. The number of hydrogen-bond acceptors (Lipinski definition) is 4. The summed E-state index contributed by atoms with van der Waals surface area (Å²) >= 11 is 6.04. The van der Waals surface area contributed by atoms with Gasteiger partial charge in [0.2, 0.25) is 0 Å². The third-order valence-electron chi connectivity index (χ3n) is 5.38. The topological polar surface area (TPSA) is 47.5 Å². The second-order valence-electron chi connectivity index (χ2n) is 7.86. The first-order chi connectivity index (χ1) is 11.5. The summed E-state index contributed by atoms with van der Waals surface area (Å²) in [7, 11) is 0. The standard InChI is InChI=1S/C19H30ClN3O/c1-13(2)8-16-10-21-22-19(16)15-4-3-7-23(12-15)11-14-5-6-18(24)17(20)9-14/h5-6,9,13,15-16,19,21-22,24H,3-4,7-8,10-12H2,1-2H3. The molecule has 2 aliphatic rings. The molecule has 2 fully saturated rings. The molecule has 0 radical (unpaired) electrons. The molecule has 0 amide bonds. The molecule has 0 aliphatic carbocycles. The molecule has 134 valence electrons. The van der Waals surface area contributed by atoms with Gasteiger partial charge >= 0.3 is 0 Å². The quantitative estimate of drug-likeness (QED) is 0.761. The van der Waals surface area contributed by atoms with E-state index in [1.807, 2.05) is 12.1 Å². The summed E-state index contributed by atoms with van der Waals surface area (Å²) in [5.74, 6) is 2.34. The number of likely N-dealkylation sites (tertiary alicyclic amines) is 1. The molecular weight excluding hydrogens is 322 g/mol. The van der Waals surface area contributed by atoms with Crippen LogP contribution in [0.2, 0.25) is 5.02 Å². The van der Waals surface area contributed by atoms with Crippen molar-refractivity contribution in [2.75, 3.05) is 19.6 Å². The van der Waals surface area contributed by atoms with Crippen molar-refractivity contribution >= 4 is 11.6 Å². The lowest BCUT2D eigenvalue weighted by molar-refractivity contribution is 0.128. The van der Waals surface area contributed by atoms with Crippen molar-refractivity contribution in [3.63, 3.8) is 0 Å². The number of phenolic OH excluding ortho intramolecular Hbond substituents is 1. The minimum atomic E-state index is 0.162. The number of nitrogens with one attached hydrogen (secondary N) is 2. The highest BCUT2D eigenvalue weighted by molar-refractivity contribution is 6.32. The van der Waals surface area contributed by atoms with Gasteiger partial charge in [-0.2, -0.15) is 0 Å². The van der Waals surface area contributed by atoms with E-state index in [-0.39, 0.29) is 5.75 Å². The fourth-order valence-electron chi connectivity index (χ4n) is 4.33. The number of hydrogen-bond donors (Lipinski definition) is 3. The van der Waals surface area contributed by atoms with Crippen LogP contribution in [-0.2, 0) is 6.54 Å². The Morgan fingerprint density at radius 3 is 2.96 bits per heavy atom. The molecule has 3 rings (SSSR count). The number of hydrazine groups is 1. The van der Waals surface area contributed by atoms with Gasteiger partial charge in [-0.1, -0.05) is 31.5 Å². The molecule has 0 aromatic heterocycles. The van der Waals surface area contributed by atoms with Gasteiger partial charge in [0.15, 0.2) is 0 Å².